The number of nitriles is 1. The molecule has 1 unspecified atom stereocenters. The first-order chi connectivity index (χ1) is 18.1. The van der Waals surface area contributed by atoms with Gasteiger partial charge in [0.1, 0.15) is 22.7 Å². The van der Waals surface area contributed by atoms with Gasteiger partial charge in [-0.15, -0.1) is 0 Å². The molecule has 2 aliphatic rings. The van der Waals surface area contributed by atoms with Gasteiger partial charge in [-0.05, 0) is 39.8 Å². The molecule has 3 aromatic rings. The normalized spacial score (nSPS) is 22.1. The van der Waals surface area contributed by atoms with E-state index in [9.17, 15) is 18.8 Å². The summed E-state index contributed by atoms with van der Waals surface area (Å²) >= 11 is 0. The molecule has 1 fully saturated rings. The van der Waals surface area contributed by atoms with Gasteiger partial charge in [0.05, 0.1) is 31.2 Å². The number of hydrogen-bond acceptors (Lipinski definition) is 8. The van der Waals surface area contributed by atoms with Crippen LogP contribution in [0.5, 0.6) is 5.75 Å². The molecule has 2 aliphatic heterocycles. The van der Waals surface area contributed by atoms with E-state index in [0.717, 1.165) is 0 Å². The highest BCUT2D eigenvalue weighted by Crippen LogP contribution is 2.41. The number of rotatable bonds is 5. The summed E-state index contributed by atoms with van der Waals surface area (Å²) in [7, 11) is 1.66. The fourth-order valence-electron chi connectivity index (χ4n) is 5.67. The van der Waals surface area contributed by atoms with E-state index >= 15 is 0 Å². The highest BCUT2D eigenvalue weighted by molar-refractivity contribution is 5.84. The van der Waals surface area contributed by atoms with Gasteiger partial charge in [0, 0.05) is 44.8 Å². The lowest BCUT2D eigenvalue weighted by Gasteiger charge is -2.47. The van der Waals surface area contributed by atoms with E-state index in [1.54, 1.807) is 19.2 Å². The number of aryl methyl sites for hydroxylation is 2. The SMILES string of the molecule is CCn1c(CC#N)nc2c(N3C[C@@H](C)N(C(C)c4ccc5c(n4)C(F)(F)CCO5)C[C@@H]3C)nc(=O)n(C)c21. The Morgan fingerprint density at radius 3 is 2.68 bits per heavy atom. The number of alkyl halides is 2. The third-order valence-electron chi connectivity index (χ3n) is 7.72. The topological polar surface area (TPSA) is 105 Å². The second-order valence-electron chi connectivity index (χ2n) is 10.2. The molecule has 0 radical (unpaired) electrons. The zero-order valence-corrected chi connectivity index (χ0v) is 22.3. The van der Waals surface area contributed by atoms with Crippen molar-refractivity contribution in [2.45, 2.75) is 71.1 Å². The zero-order chi connectivity index (χ0) is 27.4. The van der Waals surface area contributed by atoms with Crippen molar-refractivity contribution in [1.82, 2.24) is 29.0 Å². The smallest absolute Gasteiger partial charge is 0.350 e. The van der Waals surface area contributed by atoms with E-state index < -0.39 is 5.92 Å². The quantitative estimate of drug-likeness (QED) is 0.499. The van der Waals surface area contributed by atoms with Crippen molar-refractivity contribution >= 4 is 17.0 Å². The average molecular weight is 527 g/mol. The maximum absolute atomic E-state index is 14.5. The molecule has 10 nitrogen and oxygen atoms in total. The number of fused-ring (bicyclic) bond motifs is 2. The van der Waals surface area contributed by atoms with Crippen molar-refractivity contribution in [3.63, 3.8) is 0 Å². The summed E-state index contributed by atoms with van der Waals surface area (Å²) in [6.45, 7) is 9.74. The maximum atomic E-state index is 14.5. The van der Waals surface area contributed by atoms with E-state index in [4.69, 9.17) is 9.72 Å². The number of imidazole rings is 1. The van der Waals surface area contributed by atoms with Gasteiger partial charge in [0.15, 0.2) is 11.5 Å². The molecule has 12 heteroatoms. The summed E-state index contributed by atoms with van der Waals surface area (Å²) in [5, 5.41) is 9.30. The van der Waals surface area contributed by atoms with Crippen LogP contribution in [0.15, 0.2) is 16.9 Å². The minimum absolute atomic E-state index is 0.00328. The van der Waals surface area contributed by atoms with Crippen LogP contribution in [-0.4, -0.2) is 60.8 Å². The van der Waals surface area contributed by atoms with Gasteiger partial charge < -0.3 is 14.2 Å². The number of nitrogens with zero attached hydrogens (tertiary/aromatic N) is 8. The summed E-state index contributed by atoms with van der Waals surface area (Å²) in [4.78, 5) is 30.7. The first-order valence-electron chi connectivity index (χ1n) is 12.9. The van der Waals surface area contributed by atoms with Crippen molar-refractivity contribution < 1.29 is 13.5 Å². The Bertz CT molecular complexity index is 1480. The molecule has 3 atom stereocenters. The van der Waals surface area contributed by atoms with Crippen LogP contribution in [0.1, 0.15) is 57.4 Å². The van der Waals surface area contributed by atoms with Gasteiger partial charge in [-0.2, -0.15) is 19.0 Å². The third-order valence-corrected chi connectivity index (χ3v) is 7.72. The Morgan fingerprint density at radius 2 is 1.97 bits per heavy atom. The molecule has 0 aliphatic carbocycles. The molecule has 3 aromatic heterocycles. The molecule has 0 N–H and O–H groups in total. The van der Waals surface area contributed by atoms with Gasteiger partial charge >= 0.3 is 5.69 Å². The summed E-state index contributed by atoms with van der Waals surface area (Å²) in [5.41, 5.74) is 1.13. The summed E-state index contributed by atoms with van der Waals surface area (Å²) in [6.07, 6.45) is -0.246. The number of ether oxygens (including phenoxy) is 1. The molecule has 0 bridgehead atoms. The van der Waals surface area contributed by atoms with Crippen molar-refractivity contribution in [1.29, 1.82) is 5.26 Å². The molecule has 0 aromatic carbocycles. The lowest BCUT2D eigenvalue weighted by molar-refractivity contribution is -0.0455. The van der Waals surface area contributed by atoms with Crippen LogP contribution in [0.25, 0.3) is 11.2 Å². The lowest BCUT2D eigenvalue weighted by atomic mass is 10.0. The van der Waals surface area contributed by atoms with Crippen LogP contribution >= 0.6 is 0 Å². The monoisotopic (exact) mass is 526 g/mol. The minimum Gasteiger partial charge on any atom is -0.491 e. The van der Waals surface area contributed by atoms with E-state index in [1.807, 2.05) is 25.3 Å². The number of aromatic nitrogens is 5. The Morgan fingerprint density at radius 1 is 1.21 bits per heavy atom. The Hall–Kier alpha value is -3.59. The average Bonchev–Trinajstić information content (AvgIpc) is 3.25. The van der Waals surface area contributed by atoms with Crippen LogP contribution < -0.4 is 15.3 Å². The number of pyridine rings is 1. The van der Waals surface area contributed by atoms with Crippen molar-refractivity contribution in [2.24, 2.45) is 7.05 Å². The summed E-state index contributed by atoms with van der Waals surface area (Å²) in [6, 6.07) is 5.25. The number of anilines is 1. The minimum atomic E-state index is -3.01. The van der Waals surface area contributed by atoms with Crippen molar-refractivity contribution in [3.05, 3.63) is 39.8 Å². The predicted octanol–water partition coefficient (Wildman–Crippen LogP) is 3.15. The fourth-order valence-corrected chi connectivity index (χ4v) is 5.67. The molecular weight excluding hydrogens is 494 g/mol. The molecule has 38 heavy (non-hydrogen) atoms. The first kappa shape index (κ1) is 26.0. The van der Waals surface area contributed by atoms with Crippen LogP contribution in [0, 0.1) is 11.3 Å². The Labute approximate surface area is 219 Å². The van der Waals surface area contributed by atoms with Gasteiger partial charge in [-0.25, -0.2) is 14.8 Å². The maximum Gasteiger partial charge on any atom is 0.350 e. The van der Waals surface area contributed by atoms with Crippen LogP contribution in [0.4, 0.5) is 14.6 Å². The Kier molecular flexibility index (Phi) is 6.59. The molecule has 0 spiro atoms. The highest BCUT2D eigenvalue weighted by Gasteiger charge is 2.41. The van der Waals surface area contributed by atoms with Crippen LogP contribution in [0.2, 0.25) is 0 Å². The standard InChI is InChI=1S/C26H32F2N8O2/c1-6-34-20(9-11-29)31-21-23(32-25(37)33(5)24(21)34)36-14-15(2)35(13-16(36)3)17(4)18-7-8-19-22(30-18)26(27,28)10-12-38-19/h7-8,15-17H,6,9-10,12-14H2,1-5H3/t15-,16+,17?/m1/s1. The third kappa shape index (κ3) is 4.18. The molecule has 202 valence electrons. The predicted molar refractivity (Wildman–Crippen MR) is 137 cm³/mol. The molecular formula is C26H32F2N8O2. The van der Waals surface area contributed by atoms with Crippen LogP contribution in [-0.2, 0) is 25.9 Å². The highest BCUT2D eigenvalue weighted by atomic mass is 19.3. The van der Waals surface area contributed by atoms with Gasteiger partial charge in [0.25, 0.3) is 5.92 Å². The first-order valence-corrected chi connectivity index (χ1v) is 12.9. The number of halogens is 2. The lowest BCUT2D eigenvalue weighted by Crippen LogP contribution is -2.57. The number of hydrogen-bond donors (Lipinski definition) is 0. The fraction of sp³-hybridized carbons (Fsp3) is 0.577. The van der Waals surface area contributed by atoms with E-state index in [-0.39, 0.29) is 54.7 Å². The second-order valence-corrected chi connectivity index (χ2v) is 10.2. The van der Waals surface area contributed by atoms with Gasteiger partial charge in [-0.1, -0.05) is 0 Å². The van der Waals surface area contributed by atoms with Crippen molar-refractivity contribution in [2.75, 3.05) is 24.6 Å². The van der Waals surface area contributed by atoms with Crippen molar-refractivity contribution in [3.8, 4) is 11.8 Å². The summed E-state index contributed by atoms with van der Waals surface area (Å²) in [5.74, 6) is -1.76. The molecule has 0 saturated carbocycles. The van der Waals surface area contributed by atoms with E-state index in [1.165, 1.54) is 4.57 Å². The van der Waals surface area contributed by atoms with E-state index in [0.29, 0.717) is 48.1 Å². The molecule has 5 heterocycles. The van der Waals surface area contributed by atoms with Gasteiger partial charge in [-0.3, -0.25) is 9.47 Å². The number of piperazine rings is 1. The molecule has 5 rings (SSSR count). The Balaban J connectivity index is 1.47. The molecule has 0 amide bonds. The van der Waals surface area contributed by atoms with Gasteiger partial charge in [0.2, 0.25) is 0 Å². The van der Waals surface area contributed by atoms with E-state index in [2.05, 4.69) is 32.8 Å². The second kappa shape index (κ2) is 9.62. The zero-order valence-electron chi connectivity index (χ0n) is 22.3. The molecule has 1 saturated heterocycles. The summed E-state index contributed by atoms with van der Waals surface area (Å²) < 4.78 is 37.8. The van der Waals surface area contributed by atoms with Crippen LogP contribution in [0.3, 0.4) is 0 Å². The largest absolute Gasteiger partial charge is 0.491 e.